The fourth-order valence-electron chi connectivity index (χ4n) is 4.27. The highest BCUT2D eigenvalue weighted by atomic mass is 35.5. The molecule has 1 saturated heterocycles. The molecule has 0 bridgehead atoms. The van der Waals surface area contributed by atoms with E-state index in [2.05, 4.69) is 10.3 Å². The summed E-state index contributed by atoms with van der Waals surface area (Å²) in [7, 11) is 0. The number of pyridine rings is 1. The highest BCUT2D eigenvalue weighted by Crippen LogP contribution is 2.27. The Morgan fingerprint density at radius 2 is 1.71 bits per heavy atom. The van der Waals surface area contributed by atoms with Gasteiger partial charge in [0.05, 0.1) is 11.6 Å². The molecule has 1 aliphatic rings. The fraction of sp³-hybridized carbons (Fsp3) is 0.500. The van der Waals surface area contributed by atoms with Crippen molar-refractivity contribution in [2.75, 3.05) is 32.8 Å². The highest BCUT2D eigenvalue weighted by molar-refractivity contribution is 6.31. The number of rotatable bonds is 10. The number of carbonyl (C=O) groups excluding carboxylic acids is 4. The normalized spacial score (nSPS) is 14.2. The number of unbranched alkanes of at least 4 members (excludes halogenated alkanes) is 1. The Hall–Kier alpha value is -3.73. The summed E-state index contributed by atoms with van der Waals surface area (Å²) in [5.41, 5.74) is -0.582. The van der Waals surface area contributed by atoms with Gasteiger partial charge in [-0.25, -0.2) is 14.2 Å². The summed E-state index contributed by atoms with van der Waals surface area (Å²) in [5, 5.41) is 2.36. The van der Waals surface area contributed by atoms with Gasteiger partial charge in [0.2, 0.25) is 5.91 Å². The standard InChI is InChI=1S/C30H38ClFN4O6/c1-5-6-18-41-29(40)36-16-14-35(15-17-36)28(39)22(12-13-24(37)42-30(2,3)4)34-27(38)23-19-21(31)25(32)26(33-23)20-10-8-7-9-11-20/h7-11,19,22H,5-6,12-18H2,1-4H3,(H,34,38)/t22-/m0/s1. The van der Waals surface area contributed by atoms with Gasteiger partial charge in [-0.3, -0.25) is 14.4 Å². The molecule has 0 radical (unpaired) electrons. The Labute approximate surface area is 250 Å². The quantitative estimate of drug-likeness (QED) is 0.304. The fourth-order valence-corrected chi connectivity index (χ4v) is 4.46. The van der Waals surface area contributed by atoms with Crippen LogP contribution in [-0.4, -0.2) is 83.1 Å². The van der Waals surface area contributed by atoms with Gasteiger partial charge in [-0.2, -0.15) is 0 Å². The molecule has 42 heavy (non-hydrogen) atoms. The molecule has 1 atom stereocenters. The van der Waals surface area contributed by atoms with Crippen molar-refractivity contribution >= 4 is 35.5 Å². The van der Waals surface area contributed by atoms with E-state index in [1.54, 1.807) is 51.1 Å². The molecule has 1 N–H and O–H groups in total. The summed E-state index contributed by atoms with van der Waals surface area (Å²) < 4.78 is 25.4. The van der Waals surface area contributed by atoms with Crippen LogP contribution in [0.2, 0.25) is 5.02 Å². The van der Waals surface area contributed by atoms with Crippen molar-refractivity contribution in [2.24, 2.45) is 0 Å². The van der Waals surface area contributed by atoms with Crippen LogP contribution in [0, 0.1) is 5.82 Å². The van der Waals surface area contributed by atoms with Gasteiger partial charge >= 0.3 is 12.1 Å². The zero-order valence-corrected chi connectivity index (χ0v) is 25.2. The van der Waals surface area contributed by atoms with E-state index >= 15 is 0 Å². The Balaban J connectivity index is 1.76. The number of nitrogens with zero attached hydrogens (tertiary/aromatic N) is 3. The molecule has 1 aromatic carbocycles. The molecule has 1 aliphatic heterocycles. The lowest BCUT2D eigenvalue weighted by Crippen LogP contribution is -2.56. The number of hydrogen-bond acceptors (Lipinski definition) is 7. The topological polar surface area (TPSA) is 118 Å². The summed E-state index contributed by atoms with van der Waals surface area (Å²) in [6.07, 6.45) is 1.06. The van der Waals surface area contributed by atoms with Gasteiger partial charge < -0.3 is 24.6 Å². The van der Waals surface area contributed by atoms with E-state index in [1.807, 2.05) is 6.92 Å². The molecule has 12 heteroatoms. The lowest BCUT2D eigenvalue weighted by molar-refractivity contribution is -0.155. The second kappa shape index (κ2) is 14.9. The predicted molar refractivity (Wildman–Crippen MR) is 155 cm³/mol. The maximum atomic E-state index is 14.8. The van der Waals surface area contributed by atoms with Gasteiger partial charge in [0.1, 0.15) is 23.0 Å². The van der Waals surface area contributed by atoms with E-state index in [-0.39, 0.29) is 55.4 Å². The van der Waals surface area contributed by atoms with Crippen LogP contribution in [0.15, 0.2) is 36.4 Å². The van der Waals surface area contributed by atoms with E-state index in [0.717, 1.165) is 18.9 Å². The smallest absolute Gasteiger partial charge is 0.409 e. The third-order valence-corrected chi connectivity index (χ3v) is 6.70. The summed E-state index contributed by atoms with van der Waals surface area (Å²) in [6.45, 7) is 8.50. The molecule has 3 rings (SSSR count). The third-order valence-electron chi connectivity index (χ3n) is 6.43. The number of esters is 1. The van der Waals surface area contributed by atoms with Crippen LogP contribution in [0.3, 0.4) is 0 Å². The molecule has 3 amide bonds. The second-order valence-corrected chi connectivity index (χ2v) is 11.4. The number of benzene rings is 1. The van der Waals surface area contributed by atoms with Gasteiger partial charge in [-0.05, 0) is 39.7 Å². The average Bonchev–Trinajstić information content (AvgIpc) is 2.95. The maximum absolute atomic E-state index is 14.8. The van der Waals surface area contributed by atoms with E-state index in [1.165, 1.54) is 9.80 Å². The van der Waals surface area contributed by atoms with Crippen molar-refractivity contribution in [3.63, 3.8) is 0 Å². The minimum Gasteiger partial charge on any atom is -0.460 e. The van der Waals surface area contributed by atoms with Crippen LogP contribution in [0.1, 0.15) is 63.9 Å². The predicted octanol–water partition coefficient (Wildman–Crippen LogP) is 4.84. The van der Waals surface area contributed by atoms with Crippen molar-refractivity contribution < 1.29 is 33.0 Å². The van der Waals surface area contributed by atoms with Crippen molar-refractivity contribution in [1.29, 1.82) is 0 Å². The molecule has 0 saturated carbocycles. The summed E-state index contributed by atoms with van der Waals surface area (Å²) in [5.74, 6) is -2.48. The third kappa shape index (κ3) is 9.40. The first-order valence-electron chi connectivity index (χ1n) is 14.0. The van der Waals surface area contributed by atoms with Crippen LogP contribution in [0.5, 0.6) is 0 Å². The number of hydrogen-bond donors (Lipinski definition) is 1. The molecule has 10 nitrogen and oxygen atoms in total. The van der Waals surface area contributed by atoms with Crippen LogP contribution in [-0.2, 0) is 19.1 Å². The van der Waals surface area contributed by atoms with Crippen molar-refractivity contribution in [3.8, 4) is 11.3 Å². The van der Waals surface area contributed by atoms with Crippen molar-refractivity contribution in [2.45, 2.75) is 65.0 Å². The number of aromatic nitrogens is 1. The molecule has 228 valence electrons. The highest BCUT2D eigenvalue weighted by Gasteiger charge is 2.32. The molecule has 0 spiro atoms. The molecule has 1 fully saturated rings. The van der Waals surface area contributed by atoms with Gasteiger partial charge in [-0.1, -0.05) is 55.3 Å². The van der Waals surface area contributed by atoms with Crippen LogP contribution < -0.4 is 5.32 Å². The van der Waals surface area contributed by atoms with E-state index in [4.69, 9.17) is 21.1 Å². The summed E-state index contributed by atoms with van der Waals surface area (Å²) in [4.78, 5) is 58.9. The largest absolute Gasteiger partial charge is 0.460 e. The first kappa shape index (κ1) is 32.8. The van der Waals surface area contributed by atoms with Gasteiger partial charge in [0.15, 0.2) is 5.82 Å². The lowest BCUT2D eigenvalue weighted by Gasteiger charge is -2.36. The van der Waals surface area contributed by atoms with E-state index in [0.29, 0.717) is 12.2 Å². The maximum Gasteiger partial charge on any atom is 0.409 e. The van der Waals surface area contributed by atoms with Crippen LogP contribution >= 0.6 is 11.6 Å². The minimum atomic E-state index is -1.11. The number of nitrogens with one attached hydrogen (secondary N) is 1. The summed E-state index contributed by atoms with van der Waals surface area (Å²) >= 11 is 6.10. The number of halogens is 2. The molecular weight excluding hydrogens is 567 g/mol. The zero-order valence-electron chi connectivity index (χ0n) is 24.5. The van der Waals surface area contributed by atoms with Gasteiger partial charge in [0, 0.05) is 38.2 Å². The molecule has 0 aliphatic carbocycles. The van der Waals surface area contributed by atoms with E-state index < -0.39 is 41.3 Å². The molecule has 2 aromatic rings. The molecule has 2 heterocycles. The molecular formula is C30H38ClFN4O6. The van der Waals surface area contributed by atoms with Crippen molar-refractivity contribution in [1.82, 2.24) is 20.1 Å². The van der Waals surface area contributed by atoms with Gasteiger partial charge in [0.25, 0.3) is 5.91 Å². The Morgan fingerprint density at radius 1 is 1.07 bits per heavy atom. The van der Waals surface area contributed by atoms with Crippen LogP contribution in [0.25, 0.3) is 11.3 Å². The number of ether oxygens (including phenoxy) is 2. The Morgan fingerprint density at radius 3 is 2.33 bits per heavy atom. The molecule has 0 unspecified atom stereocenters. The average molecular weight is 605 g/mol. The van der Waals surface area contributed by atoms with Gasteiger partial charge in [-0.15, -0.1) is 0 Å². The minimum absolute atomic E-state index is 0.0424. The first-order chi connectivity index (χ1) is 19.9. The first-order valence-corrected chi connectivity index (χ1v) is 14.4. The van der Waals surface area contributed by atoms with Crippen molar-refractivity contribution in [3.05, 3.63) is 52.9 Å². The summed E-state index contributed by atoms with van der Waals surface area (Å²) in [6, 6.07) is 8.41. The lowest BCUT2D eigenvalue weighted by atomic mass is 10.1. The Kier molecular flexibility index (Phi) is 11.7. The number of carbonyl (C=O) groups is 4. The second-order valence-electron chi connectivity index (χ2n) is 10.9. The SMILES string of the molecule is CCCCOC(=O)N1CCN(C(=O)[C@H](CCC(=O)OC(C)(C)C)NC(=O)c2cc(Cl)c(F)c(-c3ccccc3)n2)CC1. The van der Waals surface area contributed by atoms with E-state index in [9.17, 15) is 23.6 Å². The zero-order chi connectivity index (χ0) is 30.9. The Bertz CT molecular complexity index is 1260. The van der Waals surface area contributed by atoms with Crippen LogP contribution in [0.4, 0.5) is 9.18 Å². The number of piperazine rings is 1. The number of amides is 3. The monoisotopic (exact) mass is 604 g/mol. The molecule has 1 aromatic heterocycles.